The lowest BCUT2D eigenvalue weighted by atomic mass is 9.80. The molecular formula is C10H20Cl2O2S. The van der Waals surface area contributed by atoms with Crippen LogP contribution in [-0.4, -0.2) is 8.42 Å². The molecule has 92 valence electrons. The van der Waals surface area contributed by atoms with E-state index in [1.807, 2.05) is 0 Å². The minimum Gasteiger partial charge on any atom is -0.195 e. The summed E-state index contributed by atoms with van der Waals surface area (Å²) < 4.78 is 18.3. The van der Waals surface area contributed by atoms with Crippen LogP contribution >= 0.6 is 21.4 Å². The third-order valence-corrected chi connectivity index (χ3v) is 3.12. The molecule has 1 saturated carbocycles. The first-order valence-electron chi connectivity index (χ1n) is 5.51. The van der Waals surface area contributed by atoms with Crippen molar-refractivity contribution in [1.29, 1.82) is 0 Å². The Kier molecular flexibility index (Phi) is 8.02. The van der Waals surface area contributed by atoms with E-state index >= 15 is 0 Å². The molecule has 0 amide bonds. The van der Waals surface area contributed by atoms with Gasteiger partial charge in [-0.3, -0.25) is 0 Å². The zero-order valence-electron chi connectivity index (χ0n) is 9.38. The maximum absolute atomic E-state index is 9.16. The largest absolute Gasteiger partial charge is 0.317 e. The Morgan fingerprint density at radius 1 is 0.933 bits per heavy atom. The molecule has 1 rings (SSSR count). The van der Waals surface area contributed by atoms with Gasteiger partial charge in [-0.25, -0.2) is 0 Å². The van der Waals surface area contributed by atoms with Gasteiger partial charge in [0.05, 0.1) is 0 Å². The van der Waals surface area contributed by atoms with Crippen molar-refractivity contribution in [2.24, 2.45) is 11.8 Å². The van der Waals surface area contributed by atoms with Crippen molar-refractivity contribution >= 4 is 29.6 Å². The zero-order chi connectivity index (χ0) is 11.9. The van der Waals surface area contributed by atoms with Gasteiger partial charge in [0.25, 0.3) is 0 Å². The molecular weight excluding hydrogens is 255 g/mol. The van der Waals surface area contributed by atoms with Crippen LogP contribution in [-0.2, 0) is 8.26 Å². The van der Waals surface area contributed by atoms with Gasteiger partial charge >= 0.3 is 8.26 Å². The van der Waals surface area contributed by atoms with E-state index in [9.17, 15) is 0 Å². The lowest BCUT2D eigenvalue weighted by molar-refractivity contribution is 0.264. The van der Waals surface area contributed by atoms with Gasteiger partial charge in [0.15, 0.2) is 0 Å². The first kappa shape index (κ1) is 15.5. The van der Waals surface area contributed by atoms with Gasteiger partial charge < -0.3 is 0 Å². The topological polar surface area (TPSA) is 34.1 Å². The smallest absolute Gasteiger partial charge is 0.195 e. The Hall–Kier alpha value is 0.530. The lowest BCUT2D eigenvalue weighted by Crippen LogP contribution is -2.12. The molecule has 1 aliphatic carbocycles. The normalized spacial score (nSPS) is 26.7. The summed E-state index contributed by atoms with van der Waals surface area (Å²) in [6.07, 6.45) is 8.86. The van der Waals surface area contributed by atoms with Crippen molar-refractivity contribution in [2.75, 3.05) is 0 Å². The average Bonchev–Trinajstić information content (AvgIpc) is 2.15. The van der Waals surface area contributed by atoms with Crippen molar-refractivity contribution in [3.05, 3.63) is 0 Å². The second-order valence-corrected chi connectivity index (χ2v) is 7.75. The first-order valence-corrected chi connectivity index (χ1v) is 8.64. The van der Waals surface area contributed by atoms with Gasteiger partial charge in [-0.2, -0.15) is 8.42 Å². The van der Waals surface area contributed by atoms with Crippen LogP contribution in [0.25, 0.3) is 0 Å². The monoisotopic (exact) mass is 274 g/mol. The molecule has 0 aromatic carbocycles. The molecule has 0 aromatic heterocycles. The molecule has 0 bridgehead atoms. The minimum atomic E-state index is -3.72. The highest BCUT2D eigenvalue weighted by Crippen LogP contribution is 2.31. The van der Waals surface area contributed by atoms with Crippen LogP contribution in [0.2, 0.25) is 0 Å². The molecule has 0 radical (unpaired) electrons. The lowest BCUT2D eigenvalue weighted by Gasteiger charge is -2.26. The van der Waals surface area contributed by atoms with Crippen LogP contribution in [0.4, 0.5) is 0 Å². The third kappa shape index (κ3) is 10.8. The molecule has 1 aliphatic rings. The van der Waals surface area contributed by atoms with E-state index in [1.165, 1.54) is 38.5 Å². The molecule has 0 unspecified atom stereocenters. The predicted molar refractivity (Wildman–Crippen MR) is 66.7 cm³/mol. The van der Waals surface area contributed by atoms with E-state index < -0.39 is 8.26 Å². The summed E-state index contributed by atoms with van der Waals surface area (Å²) in [5, 5.41) is 0. The summed E-state index contributed by atoms with van der Waals surface area (Å²) >= 11 is 0. The van der Waals surface area contributed by atoms with E-state index in [0.29, 0.717) is 0 Å². The van der Waals surface area contributed by atoms with Gasteiger partial charge in [0.2, 0.25) is 0 Å². The summed E-state index contributed by atoms with van der Waals surface area (Å²) in [7, 11) is 4.81. The van der Waals surface area contributed by atoms with E-state index in [0.717, 1.165) is 11.8 Å². The molecule has 0 N–H and O–H groups in total. The van der Waals surface area contributed by atoms with Crippen LogP contribution < -0.4 is 0 Å². The van der Waals surface area contributed by atoms with E-state index in [4.69, 9.17) is 8.42 Å². The maximum atomic E-state index is 9.16. The summed E-state index contributed by atoms with van der Waals surface area (Å²) in [4.78, 5) is 0. The summed E-state index contributed by atoms with van der Waals surface area (Å²) in [5.74, 6) is 2.14. The fourth-order valence-electron chi connectivity index (χ4n) is 2.05. The Labute approximate surface area is 102 Å². The predicted octanol–water partition coefficient (Wildman–Crippen LogP) is 4.32. The number of hydrogen-bond acceptors (Lipinski definition) is 2. The third-order valence-electron chi connectivity index (χ3n) is 3.12. The van der Waals surface area contributed by atoms with E-state index in [2.05, 4.69) is 35.2 Å². The van der Waals surface area contributed by atoms with Gasteiger partial charge in [-0.1, -0.05) is 52.4 Å². The molecule has 0 heterocycles. The molecule has 0 atom stereocenters. The Balaban J connectivity index is 0.000000336. The highest BCUT2D eigenvalue weighted by atomic mass is 36.0. The van der Waals surface area contributed by atoms with Crippen LogP contribution in [0.3, 0.4) is 0 Å². The van der Waals surface area contributed by atoms with E-state index in [1.54, 1.807) is 0 Å². The standard InChI is InChI=1S/C10H20.Cl2O2S/c1-3-9-5-7-10(4-2)8-6-9;1-5(2,3)4/h9-10H,3-8H2,1-2H3;. The maximum Gasteiger partial charge on any atom is 0.317 e. The summed E-state index contributed by atoms with van der Waals surface area (Å²) in [5.41, 5.74) is 0. The van der Waals surface area contributed by atoms with Crippen molar-refractivity contribution in [3.8, 4) is 0 Å². The van der Waals surface area contributed by atoms with Crippen molar-refractivity contribution < 1.29 is 8.42 Å². The SMILES string of the molecule is CCC1CCC(CC)CC1.O=S(=O)(Cl)Cl. The quantitative estimate of drug-likeness (QED) is 0.703. The Bertz CT molecular complexity index is 224. The fraction of sp³-hybridized carbons (Fsp3) is 1.00. The highest BCUT2D eigenvalue weighted by Gasteiger charge is 2.17. The first-order chi connectivity index (χ1) is 6.86. The molecule has 2 nitrogen and oxygen atoms in total. The van der Waals surface area contributed by atoms with Gasteiger partial charge in [-0.05, 0) is 11.8 Å². The molecule has 0 spiro atoms. The molecule has 1 fully saturated rings. The van der Waals surface area contributed by atoms with Gasteiger partial charge in [0.1, 0.15) is 0 Å². The fourth-order valence-corrected chi connectivity index (χ4v) is 2.05. The second kappa shape index (κ2) is 7.75. The zero-order valence-corrected chi connectivity index (χ0v) is 11.7. The molecule has 0 aliphatic heterocycles. The van der Waals surface area contributed by atoms with Crippen LogP contribution in [0.5, 0.6) is 0 Å². The number of hydrogen-bond donors (Lipinski definition) is 0. The number of halogens is 2. The second-order valence-electron chi connectivity index (χ2n) is 4.08. The van der Waals surface area contributed by atoms with Crippen LogP contribution in [0, 0.1) is 11.8 Å². The van der Waals surface area contributed by atoms with Crippen molar-refractivity contribution in [2.45, 2.75) is 52.4 Å². The van der Waals surface area contributed by atoms with E-state index in [-0.39, 0.29) is 0 Å². The Morgan fingerprint density at radius 2 is 1.13 bits per heavy atom. The average molecular weight is 275 g/mol. The molecule has 15 heavy (non-hydrogen) atoms. The van der Waals surface area contributed by atoms with Crippen molar-refractivity contribution in [1.82, 2.24) is 0 Å². The number of rotatable bonds is 2. The van der Waals surface area contributed by atoms with Crippen molar-refractivity contribution in [3.63, 3.8) is 0 Å². The van der Waals surface area contributed by atoms with Gasteiger partial charge in [-0.15, -0.1) is 0 Å². The highest BCUT2D eigenvalue weighted by molar-refractivity contribution is 8.31. The molecule has 5 heteroatoms. The minimum absolute atomic E-state index is 1.07. The van der Waals surface area contributed by atoms with Crippen LogP contribution in [0.1, 0.15) is 52.4 Å². The molecule has 0 saturated heterocycles. The molecule has 0 aromatic rings. The summed E-state index contributed by atoms with van der Waals surface area (Å²) in [6.45, 7) is 4.66. The summed E-state index contributed by atoms with van der Waals surface area (Å²) in [6, 6.07) is 0. The van der Waals surface area contributed by atoms with Gasteiger partial charge in [0, 0.05) is 21.4 Å². The van der Waals surface area contributed by atoms with Crippen LogP contribution in [0.15, 0.2) is 0 Å². The Morgan fingerprint density at radius 3 is 1.27 bits per heavy atom.